The number of likely N-dealkylation sites (N-methyl/N-ethyl adjacent to an activating group) is 1. The summed E-state index contributed by atoms with van der Waals surface area (Å²) in [7, 11) is 3.15. The number of ether oxygens (including phenoxy) is 1. The maximum Gasteiger partial charge on any atom is 0.260 e. The molecule has 2 heterocycles. The summed E-state index contributed by atoms with van der Waals surface area (Å²) >= 11 is 6.81. The smallest absolute Gasteiger partial charge is 0.260 e. The number of fused-ring (bicyclic) bond motifs is 5. The summed E-state index contributed by atoms with van der Waals surface area (Å²) in [6, 6.07) is 1.51. The summed E-state index contributed by atoms with van der Waals surface area (Å²) in [5, 5.41) is 39.9. The number of piperazine rings is 1. The van der Waals surface area contributed by atoms with Crippen LogP contribution in [0.3, 0.4) is 0 Å². The van der Waals surface area contributed by atoms with Gasteiger partial charge in [-0.25, -0.2) is 10.5 Å². The Bertz CT molecular complexity index is 2090. The second-order valence-corrected chi connectivity index (χ2v) is 12.1. The second kappa shape index (κ2) is 10.2. The average Bonchev–Trinajstić information content (AvgIpc) is 3.54. The van der Waals surface area contributed by atoms with Gasteiger partial charge in [0, 0.05) is 43.2 Å². The first-order chi connectivity index (χ1) is 21.9. The van der Waals surface area contributed by atoms with Crippen molar-refractivity contribution in [3.63, 3.8) is 0 Å². The van der Waals surface area contributed by atoms with Gasteiger partial charge in [-0.2, -0.15) is 5.10 Å². The molecule has 15 heteroatoms. The fourth-order valence-electron chi connectivity index (χ4n) is 6.96. The minimum atomic E-state index is -2.19. The lowest BCUT2D eigenvalue weighted by molar-refractivity contribution is 0.0790. The number of Topliss-reactive ketones (excluding diaryl/α,β-unsaturated/α-hetero) is 3. The van der Waals surface area contributed by atoms with E-state index in [0.29, 0.717) is 0 Å². The standard InChI is InChI=1S/C31H26ClN5O9/c1-36-5-7-37(8-6-36)35-33-11-12-9-14-17(30(45)34-12)27(42)22-13(23(14)32)3-4-31(22)28(43)20-21(29(31)44)26(41)19-18(25(20)40)15(38)10-16(46-2)24(19)39/h9-11,35,40-42H,3-8H2,1-2H3,(H,34,45)/t31-/m0/s1. The average molecular weight is 648 g/mol. The second-order valence-electron chi connectivity index (χ2n) is 11.7. The van der Waals surface area contributed by atoms with Gasteiger partial charge in [-0.1, -0.05) is 11.6 Å². The number of hydrogen-bond donors (Lipinski definition) is 5. The van der Waals surface area contributed by atoms with Crippen LogP contribution in [0.25, 0.3) is 10.8 Å². The molecule has 4 aliphatic rings. The zero-order valence-electron chi connectivity index (χ0n) is 24.5. The Kier molecular flexibility index (Phi) is 6.60. The van der Waals surface area contributed by atoms with E-state index in [0.717, 1.165) is 39.4 Å². The number of H-pyrrole nitrogens is 1. The zero-order chi connectivity index (χ0) is 32.8. The van der Waals surface area contributed by atoms with Crippen LogP contribution in [0.5, 0.6) is 17.2 Å². The number of carbonyl (C=O) groups excluding carboxylic acids is 4. The van der Waals surface area contributed by atoms with Gasteiger partial charge in [0.25, 0.3) is 5.56 Å². The largest absolute Gasteiger partial charge is 0.507 e. The Balaban J connectivity index is 1.34. The molecule has 1 atom stereocenters. The molecule has 5 N–H and O–H groups in total. The van der Waals surface area contributed by atoms with Gasteiger partial charge in [0.05, 0.1) is 51.7 Å². The van der Waals surface area contributed by atoms with Crippen molar-refractivity contribution in [1.29, 1.82) is 0 Å². The van der Waals surface area contributed by atoms with E-state index in [1.165, 1.54) is 12.3 Å². The molecule has 46 heavy (non-hydrogen) atoms. The lowest BCUT2D eigenvalue weighted by atomic mass is 9.76. The third-order valence-electron chi connectivity index (χ3n) is 9.27. The Hall–Kier alpha value is -5.05. The maximum absolute atomic E-state index is 14.2. The summed E-state index contributed by atoms with van der Waals surface area (Å²) in [5.41, 5.74) is -2.43. The van der Waals surface area contributed by atoms with E-state index in [1.54, 1.807) is 0 Å². The van der Waals surface area contributed by atoms with Gasteiger partial charge < -0.3 is 29.9 Å². The number of rotatable bonds is 4. The Morgan fingerprint density at radius 3 is 2.28 bits per heavy atom. The van der Waals surface area contributed by atoms with Crippen LogP contribution in [0.4, 0.5) is 0 Å². The first-order valence-electron chi connectivity index (χ1n) is 14.3. The highest BCUT2D eigenvalue weighted by Gasteiger charge is 2.62. The number of aromatic amines is 1. The molecule has 2 aromatic carbocycles. The molecule has 1 saturated heterocycles. The van der Waals surface area contributed by atoms with Gasteiger partial charge in [0.2, 0.25) is 5.78 Å². The first kappa shape index (κ1) is 29.6. The van der Waals surface area contributed by atoms with Crippen LogP contribution in [0, 0.1) is 0 Å². The maximum atomic E-state index is 14.2. The number of methoxy groups -OCH3 is 1. The SMILES string of the molecule is COC1=CC(=O)c2c(O)c3c(c(O)c2C1=O)C(=O)[C@]1(CCc2c1c(O)c1c(=O)[nH]c(C=NNN4CCN(C)CC4)cc1c2Cl)C3=O. The van der Waals surface area contributed by atoms with E-state index >= 15 is 0 Å². The monoisotopic (exact) mass is 647 g/mol. The number of hydrazine groups is 1. The summed E-state index contributed by atoms with van der Waals surface area (Å²) in [6.07, 6.45) is 1.98. The van der Waals surface area contributed by atoms with Crippen molar-refractivity contribution in [3.8, 4) is 17.2 Å². The molecule has 0 unspecified atom stereocenters. The number of aromatic nitrogens is 1. The van der Waals surface area contributed by atoms with Crippen LogP contribution in [0.2, 0.25) is 5.02 Å². The van der Waals surface area contributed by atoms with Crippen molar-refractivity contribution in [2.24, 2.45) is 5.10 Å². The summed E-state index contributed by atoms with van der Waals surface area (Å²) < 4.78 is 4.93. The van der Waals surface area contributed by atoms with E-state index in [4.69, 9.17) is 16.3 Å². The van der Waals surface area contributed by atoms with Crippen molar-refractivity contribution in [1.82, 2.24) is 20.4 Å². The van der Waals surface area contributed by atoms with E-state index in [1.807, 2.05) is 12.1 Å². The molecule has 1 fully saturated rings. The van der Waals surface area contributed by atoms with E-state index < -0.39 is 79.4 Å². The van der Waals surface area contributed by atoms with Crippen LogP contribution < -0.4 is 11.1 Å². The molecular weight excluding hydrogens is 622 g/mol. The molecule has 0 radical (unpaired) electrons. The van der Waals surface area contributed by atoms with Crippen molar-refractivity contribution >= 4 is 51.7 Å². The van der Waals surface area contributed by atoms with Gasteiger partial charge >= 0.3 is 0 Å². The van der Waals surface area contributed by atoms with Crippen LogP contribution >= 0.6 is 11.6 Å². The number of phenolic OH excluding ortho intramolecular Hbond substituents is 3. The summed E-state index contributed by atoms with van der Waals surface area (Å²) in [5.74, 6) is -6.93. The number of nitrogens with zero attached hydrogens (tertiary/aromatic N) is 3. The van der Waals surface area contributed by atoms with Crippen LogP contribution in [-0.2, 0) is 16.6 Å². The number of pyridine rings is 1. The Labute approximate surface area is 264 Å². The third kappa shape index (κ3) is 3.83. The van der Waals surface area contributed by atoms with Crippen LogP contribution in [0.15, 0.2) is 27.8 Å². The number of benzene rings is 2. The van der Waals surface area contributed by atoms with E-state index in [9.17, 15) is 39.3 Å². The zero-order valence-corrected chi connectivity index (χ0v) is 25.2. The number of allylic oxidation sites excluding steroid dienone is 2. The number of phenols is 3. The van der Waals surface area contributed by atoms with Crippen LogP contribution in [0.1, 0.15) is 64.7 Å². The van der Waals surface area contributed by atoms with Gasteiger partial charge in [-0.15, -0.1) is 0 Å². The molecule has 7 rings (SSSR count). The fraction of sp³-hybridized carbons (Fsp3) is 0.290. The molecule has 0 bridgehead atoms. The highest BCUT2D eigenvalue weighted by Crippen LogP contribution is 2.58. The van der Waals surface area contributed by atoms with Crippen molar-refractivity contribution in [3.05, 3.63) is 72.4 Å². The predicted octanol–water partition coefficient (Wildman–Crippen LogP) is 1.56. The molecule has 236 valence electrons. The Morgan fingerprint density at radius 2 is 1.63 bits per heavy atom. The number of nitrogens with one attached hydrogen (secondary N) is 2. The number of hydrazone groups is 1. The molecule has 1 aliphatic heterocycles. The topological polar surface area (TPSA) is 202 Å². The lowest BCUT2D eigenvalue weighted by Gasteiger charge is -2.31. The molecule has 0 saturated carbocycles. The number of carbonyl (C=O) groups is 4. The normalized spacial score (nSPS) is 21.3. The molecule has 1 aromatic heterocycles. The third-order valence-corrected chi connectivity index (χ3v) is 9.70. The molecular formula is C31H26ClN5O9. The van der Waals surface area contributed by atoms with E-state index in [-0.39, 0.29) is 45.5 Å². The number of aromatic hydroxyl groups is 3. The minimum absolute atomic E-state index is 0.0127. The van der Waals surface area contributed by atoms with Crippen LogP contribution in [-0.4, -0.2) is 99.9 Å². The summed E-state index contributed by atoms with van der Waals surface area (Å²) in [4.78, 5) is 72.4. The number of ketones is 4. The quantitative estimate of drug-likeness (QED) is 0.119. The molecule has 1 spiro atoms. The molecule has 3 aromatic rings. The van der Waals surface area contributed by atoms with Crippen molar-refractivity contribution in [2.45, 2.75) is 18.3 Å². The van der Waals surface area contributed by atoms with E-state index in [2.05, 4.69) is 20.5 Å². The van der Waals surface area contributed by atoms with Gasteiger partial charge in [-0.3, -0.25) is 24.0 Å². The van der Waals surface area contributed by atoms with Gasteiger partial charge in [0.15, 0.2) is 23.1 Å². The first-order valence-corrected chi connectivity index (χ1v) is 14.7. The Morgan fingerprint density at radius 1 is 0.978 bits per heavy atom. The lowest BCUT2D eigenvalue weighted by Crippen LogP contribution is -2.49. The highest BCUT2D eigenvalue weighted by molar-refractivity contribution is 6.41. The van der Waals surface area contributed by atoms with Gasteiger partial charge in [0.1, 0.15) is 22.7 Å². The number of halogens is 1. The molecule has 14 nitrogen and oxygen atoms in total. The van der Waals surface area contributed by atoms with Gasteiger partial charge in [-0.05, 0) is 31.5 Å². The fourth-order valence-corrected chi connectivity index (χ4v) is 7.30. The number of hydrogen-bond acceptors (Lipinski definition) is 13. The highest BCUT2D eigenvalue weighted by atomic mass is 35.5. The minimum Gasteiger partial charge on any atom is -0.507 e. The predicted molar refractivity (Wildman–Crippen MR) is 163 cm³/mol. The molecule has 3 aliphatic carbocycles. The summed E-state index contributed by atoms with van der Waals surface area (Å²) in [6.45, 7) is 3.20. The van der Waals surface area contributed by atoms with Crippen molar-refractivity contribution < 1.29 is 39.2 Å². The van der Waals surface area contributed by atoms with Crippen molar-refractivity contribution in [2.75, 3.05) is 40.3 Å². The molecule has 0 amide bonds.